The average molecular weight is 423 g/mol. The van der Waals surface area contributed by atoms with Crippen molar-refractivity contribution in [2.24, 2.45) is 0 Å². The summed E-state index contributed by atoms with van der Waals surface area (Å²) >= 11 is 0. The maximum Gasteiger partial charge on any atom is 0.290 e. The van der Waals surface area contributed by atoms with Gasteiger partial charge >= 0.3 is 0 Å². The van der Waals surface area contributed by atoms with Crippen LogP contribution in [0, 0.1) is 0 Å². The molecule has 2 aromatic carbocycles. The third-order valence-electron chi connectivity index (χ3n) is 5.42. The van der Waals surface area contributed by atoms with Gasteiger partial charge in [-0.1, -0.05) is 18.2 Å². The largest absolute Gasteiger partial charge is 0.493 e. The van der Waals surface area contributed by atoms with Crippen LogP contribution in [-0.2, 0) is 4.74 Å². The van der Waals surface area contributed by atoms with E-state index in [1.165, 1.54) is 0 Å². The van der Waals surface area contributed by atoms with Crippen molar-refractivity contribution in [3.05, 3.63) is 69.6 Å². The Balaban J connectivity index is 1.89. The first-order valence-electron chi connectivity index (χ1n) is 10.3. The first kappa shape index (κ1) is 20.9. The minimum Gasteiger partial charge on any atom is -0.493 e. The normalized spacial score (nSPS) is 15.4. The van der Waals surface area contributed by atoms with E-state index in [0.29, 0.717) is 54.2 Å². The Morgan fingerprint density at radius 1 is 1.06 bits per heavy atom. The number of methoxy groups -OCH3 is 2. The smallest absolute Gasteiger partial charge is 0.290 e. The molecule has 1 amide bonds. The highest BCUT2D eigenvalue weighted by molar-refractivity contribution is 5.99. The highest BCUT2D eigenvalue weighted by Gasteiger charge is 2.42. The van der Waals surface area contributed by atoms with Crippen LogP contribution in [0.2, 0.25) is 0 Å². The first-order valence-corrected chi connectivity index (χ1v) is 10.3. The summed E-state index contributed by atoms with van der Waals surface area (Å²) in [7, 11) is 3.18. The Hall–Kier alpha value is -3.32. The summed E-state index contributed by atoms with van der Waals surface area (Å²) in [4.78, 5) is 28.4. The topological polar surface area (TPSA) is 78.2 Å². The van der Waals surface area contributed by atoms with Crippen molar-refractivity contribution in [3.8, 4) is 11.5 Å². The van der Waals surface area contributed by atoms with Crippen molar-refractivity contribution in [2.45, 2.75) is 19.4 Å². The van der Waals surface area contributed by atoms with Gasteiger partial charge in [0.25, 0.3) is 5.91 Å². The second kappa shape index (κ2) is 8.81. The van der Waals surface area contributed by atoms with E-state index >= 15 is 0 Å². The van der Waals surface area contributed by atoms with Crippen LogP contribution in [0.3, 0.4) is 0 Å². The van der Waals surface area contributed by atoms with Crippen molar-refractivity contribution in [1.82, 2.24) is 4.90 Å². The third-order valence-corrected chi connectivity index (χ3v) is 5.42. The number of ether oxygens (including phenoxy) is 3. The van der Waals surface area contributed by atoms with Crippen LogP contribution in [0.15, 0.2) is 51.7 Å². The number of carbonyl (C=O) groups excluding carboxylic acids is 1. The van der Waals surface area contributed by atoms with Crippen molar-refractivity contribution < 1.29 is 23.4 Å². The number of fused-ring (bicyclic) bond motifs is 2. The van der Waals surface area contributed by atoms with E-state index in [4.69, 9.17) is 18.6 Å². The fraction of sp³-hybridized carbons (Fsp3) is 0.333. The van der Waals surface area contributed by atoms with Crippen molar-refractivity contribution in [1.29, 1.82) is 0 Å². The molecule has 1 atom stereocenters. The van der Waals surface area contributed by atoms with Gasteiger partial charge in [0.05, 0.1) is 30.7 Å². The van der Waals surface area contributed by atoms with Crippen molar-refractivity contribution in [3.63, 3.8) is 0 Å². The molecular formula is C24H25NO6. The number of para-hydroxylation sites is 1. The number of benzene rings is 2. The van der Waals surface area contributed by atoms with Gasteiger partial charge < -0.3 is 23.5 Å². The lowest BCUT2D eigenvalue weighted by atomic mass is 9.98. The van der Waals surface area contributed by atoms with Crippen LogP contribution in [-0.4, -0.2) is 44.8 Å². The maximum atomic E-state index is 13.4. The molecule has 0 N–H and O–H groups in total. The lowest BCUT2D eigenvalue weighted by Gasteiger charge is -2.25. The van der Waals surface area contributed by atoms with Gasteiger partial charge in [0.15, 0.2) is 16.9 Å². The lowest BCUT2D eigenvalue weighted by molar-refractivity contribution is 0.0707. The van der Waals surface area contributed by atoms with Crippen LogP contribution in [0.25, 0.3) is 11.0 Å². The van der Waals surface area contributed by atoms with Crippen LogP contribution in [0.5, 0.6) is 11.5 Å². The molecule has 162 valence electrons. The quantitative estimate of drug-likeness (QED) is 0.513. The molecular weight excluding hydrogens is 398 g/mol. The van der Waals surface area contributed by atoms with Crippen LogP contribution in [0.4, 0.5) is 0 Å². The minimum atomic E-state index is -0.579. The summed E-state index contributed by atoms with van der Waals surface area (Å²) in [5.74, 6) is 0.947. The standard InChI is InChI=1S/C24H25NO6/c1-4-30-18-11-10-15(14-19(18)29-3)21-20-22(26)16-8-5-6-9-17(16)31-23(20)24(27)25(21)12-7-13-28-2/h5-6,8-11,14,21H,4,7,12-13H2,1-3H3/t21-/m1/s1. The zero-order valence-electron chi connectivity index (χ0n) is 17.8. The number of rotatable bonds is 8. The molecule has 0 fully saturated rings. The van der Waals surface area contributed by atoms with Crippen LogP contribution >= 0.6 is 0 Å². The molecule has 7 nitrogen and oxygen atoms in total. The fourth-order valence-corrected chi connectivity index (χ4v) is 4.05. The molecule has 0 saturated carbocycles. The van der Waals surface area contributed by atoms with Crippen LogP contribution in [0.1, 0.15) is 41.1 Å². The summed E-state index contributed by atoms with van der Waals surface area (Å²) in [5, 5.41) is 0.454. The number of hydrogen-bond donors (Lipinski definition) is 0. The Morgan fingerprint density at radius 3 is 2.61 bits per heavy atom. The lowest BCUT2D eigenvalue weighted by Crippen LogP contribution is -2.31. The predicted octanol–water partition coefficient (Wildman–Crippen LogP) is 3.78. The molecule has 1 aliphatic heterocycles. The van der Waals surface area contributed by atoms with Crippen molar-refractivity contribution >= 4 is 16.9 Å². The molecule has 0 saturated heterocycles. The fourth-order valence-electron chi connectivity index (χ4n) is 4.05. The minimum absolute atomic E-state index is 0.0963. The molecule has 2 heterocycles. The Morgan fingerprint density at radius 2 is 1.87 bits per heavy atom. The Kier molecular flexibility index (Phi) is 5.95. The highest BCUT2D eigenvalue weighted by Crippen LogP contribution is 2.40. The summed E-state index contributed by atoms with van der Waals surface area (Å²) in [6.45, 7) is 3.32. The third kappa shape index (κ3) is 3.65. The zero-order chi connectivity index (χ0) is 22.0. The predicted molar refractivity (Wildman–Crippen MR) is 116 cm³/mol. The molecule has 4 rings (SSSR count). The van der Waals surface area contributed by atoms with Gasteiger partial charge in [0.1, 0.15) is 5.58 Å². The maximum absolute atomic E-state index is 13.4. The number of carbonyl (C=O) groups is 1. The van der Waals surface area contributed by atoms with E-state index < -0.39 is 6.04 Å². The molecule has 1 aromatic heterocycles. The van der Waals surface area contributed by atoms with Gasteiger partial charge in [-0.15, -0.1) is 0 Å². The van der Waals surface area contributed by atoms with Gasteiger partial charge in [-0.3, -0.25) is 9.59 Å². The monoisotopic (exact) mass is 423 g/mol. The van der Waals surface area contributed by atoms with E-state index in [1.54, 1.807) is 49.5 Å². The number of nitrogens with zero attached hydrogens (tertiary/aromatic N) is 1. The van der Waals surface area contributed by atoms with E-state index in [-0.39, 0.29) is 17.1 Å². The molecule has 0 unspecified atom stereocenters. The summed E-state index contributed by atoms with van der Waals surface area (Å²) in [6, 6.07) is 11.9. The molecule has 0 spiro atoms. The van der Waals surface area contributed by atoms with E-state index in [1.807, 2.05) is 19.1 Å². The average Bonchev–Trinajstić information content (AvgIpc) is 3.07. The molecule has 31 heavy (non-hydrogen) atoms. The molecule has 0 bridgehead atoms. The number of hydrogen-bond acceptors (Lipinski definition) is 6. The molecule has 3 aromatic rings. The SMILES string of the molecule is CCOc1ccc([C@@H]2c3c(oc4ccccc4c3=O)C(=O)N2CCCOC)cc1OC. The second-order valence-corrected chi connectivity index (χ2v) is 7.26. The van der Waals surface area contributed by atoms with E-state index in [2.05, 4.69) is 0 Å². The van der Waals surface area contributed by atoms with E-state index in [0.717, 1.165) is 5.56 Å². The van der Waals surface area contributed by atoms with Crippen LogP contribution < -0.4 is 14.9 Å². The van der Waals surface area contributed by atoms with Gasteiger partial charge in [-0.2, -0.15) is 0 Å². The van der Waals surface area contributed by atoms with Gasteiger partial charge in [0.2, 0.25) is 5.76 Å². The summed E-state index contributed by atoms with van der Waals surface area (Å²) in [6.07, 6.45) is 0.634. The van der Waals surface area contributed by atoms with Gasteiger partial charge in [-0.05, 0) is 43.2 Å². The molecule has 1 aliphatic rings. The second-order valence-electron chi connectivity index (χ2n) is 7.26. The number of amides is 1. The Labute approximate surface area is 180 Å². The molecule has 0 aliphatic carbocycles. The zero-order valence-corrected chi connectivity index (χ0v) is 17.8. The molecule has 0 radical (unpaired) electrons. The van der Waals surface area contributed by atoms with E-state index in [9.17, 15) is 9.59 Å². The Bertz CT molecular complexity index is 1170. The highest BCUT2D eigenvalue weighted by atomic mass is 16.5. The molecule has 7 heteroatoms. The summed E-state index contributed by atoms with van der Waals surface area (Å²) < 4.78 is 22.2. The van der Waals surface area contributed by atoms with Gasteiger partial charge in [-0.25, -0.2) is 0 Å². The van der Waals surface area contributed by atoms with Crippen molar-refractivity contribution in [2.75, 3.05) is 34.0 Å². The summed E-state index contributed by atoms with van der Waals surface area (Å²) in [5.41, 5.74) is 1.32. The first-order chi connectivity index (χ1) is 15.1. The van der Waals surface area contributed by atoms with Gasteiger partial charge in [0, 0.05) is 20.3 Å².